The van der Waals surface area contributed by atoms with Gasteiger partial charge >= 0.3 is 5.97 Å². The monoisotopic (exact) mass is 360 g/mol. The highest BCUT2D eigenvalue weighted by molar-refractivity contribution is 7.08. The maximum absolute atomic E-state index is 12.0. The molecule has 7 nitrogen and oxygen atoms in total. The van der Waals surface area contributed by atoms with Crippen LogP contribution in [0.3, 0.4) is 0 Å². The van der Waals surface area contributed by atoms with Gasteiger partial charge in [-0.3, -0.25) is 0 Å². The highest BCUT2D eigenvalue weighted by Gasteiger charge is 2.18. The Morgan fingerprint density at radius 2 is 2.00 bits per heavy atom. The fourth-order valence-electron chi connectivity index (χ4n) is 1.98. The average Bonchev–Trinajstić information content (AvgIpc) is 3.31. The maximum atomic E-state index is 12.0. The second kappa shape index (κ2) is 7.80. The van der Waals surface area contributed by atoms with E-state index in [0.717, 1.165) is 5.56 Å². The summed E-state index contributed by atoms with van der Waals surface area (Å²) in [6.07, 6.45) is -0.771. The summed E-state index contributed by atoms with van der Waals surface area (Å²) in [6, 6.07) is 8.81. The number of nitrogens with zero attached hydrogens (tertiary/aromatic N) is 2. The molecule has 1 atom stereocenters. The van der Waals surface area contributed by atoms with Gasteiger partial charge in [-0.2, -0.15) is 16.3 Å². The zero-order valence-electron chi connectivity index (χ0n) is 13.7. The van der Waals surface area contributed by atoms with E-state index in [4.69, 9.17) is 18.7 Å². The Morgan fingerprint density at radius 3 is 2.68 bits per heavy atom. The van der Waals surface area contributed by atoms with E-state index in [2.05, 4.69) is 10.1 Å². The van der Waals surface area contributed by atoms with Gasteiger partial charge in [-0.25, -0.2) is 4.79 Å². The second-order valence-electron chi connectivity index (χ2n) is 5.07. The Hall–Kier alpha value is -2.87. The molecule has 8 heteroatoms. The third-order valence-corrected chi connectivity index (χ3v) is 3.97. The van der Waals surface area contributed by atoms with Crippen molar-refractivity contribution in [3.8, 4) is 22.9 Å². The number of rotatable bonds is 7. The molecule has 0 bridgehead atoms. The lowest BCUT2D eigenvalue weighted by atomic mass is 10.3. The van der Waals surface area contributed by atoms with E-state index in [0.29, 0.717) is 17.3 Å². The molecular formula is C17H16N2O5S. The van der Waals surface area contributed by atoms with Crippen LogP contribution in [0.2, 0.25) is 0 Å². The molecule has 1 unspecified atom stereocenters. The van der Waals surface area contributed by atoms with Crippen LogP contribution in [0, 0.1) is 0 Å². The van der Waals surface area contributed by atoms with Gasteiger partial charge in [-0.05, 0) is 42.6 Å². The van der Waals surface area contributed by atoms with Crippen LogP contribution in [0.15, 0.2) is 45.6 Å². The van der Waals surface area contributed by atoms with Gasteiger partial charge in [0.25, 0.3) is 5.89 Å². The maximum Gasteiger partial charge on any atom is 0.347 e. The van der Waals surface area contributed by atoms with Crippen LogP contribution in [-0.2, 0) is 16.1 Å². The van der Waals surface area contributed by atoms with Gasteiger partial charge in [0.1, 0.15) is 11.5 Å². The SMILES string of the molecule is COc1ccc(OC(C)C(=O)OCc2nc(-c3ccsc3)no2)cc1. The lowest BCUT2D eigenvalue weighted by Crippen LogP contribution is -2.26. The summed E-state index contributed by atoms with van der Waals surface area (Å²) in [5.74, 6) is 1.43. The molecule has 0 N–H and O–H groups in total. The van der Waals surface area contributed by atoms with Crippen molar-refractivity contribution in [3.05, 3.63) is 47.0 Å². The summed E-state index contributed by atoms with van der Waals surface area (Å²) in [5, 5.41) is 7.68. The Bertz CT molecular complexity index is 814. The van der Waals surface area contributed by atoms with Crippen molar-refractivity contribution in [1.29, 1.82) is 0 Å². The number of benzene rings is 1. The minimum Gasteiger partial charge on any atom is -0.497 e. The number of esters is 1. The lowest BCUT2D eigenvalue weighted by Gasteiger charge is -2.13. The molecule has 0 aliphatic rings. The number of hydrogen-bond acceptors (Lipinski definition) is 8. The summed E-state index contributed by atoms with van der Waals surface area (Å²) in [4.78, 5) is 16.2. The summed E-state index contributed by atoms with van der Waals surface area (Å²) in [5.41, 5.74) is 0.863. The van der Waals surface area contributed by atoms with Gasteiger partial charge in [0.05, 0.1) is 7.11 Å². The molecule has 0 aliphatic carbocycles. The third-order valence-electron chi connectivity index (χ3n) is 3.29. The fraction of sp³-hybridized carbons (Fsp3) is 0.235. The lowest BCUT2D eigenvalue weighted by molar-refractivity contribution is -0.153. The van der Waals surface area contributed by atoms with E-state index in [1.54, 1.807) is 38.3 Å². The average molecular weight is 360 g/mol. The molecule has 0 aliphatic heterocycles. The minimum atomic E-state index is -0.771. The number of carbonyl (C=O) groups is 1. The first-order valence-electron chi connectivity index (χ1n) is 7.48. The molecule has 0 spiro atoms. The van der Waals surface area contributed by atoms with Crippen LogP contribution in [-0.4, -0.2) is 29.3 Å². The summed E-state index contributed by atoms with van der Waals surface area (Å²) < 4.78 is 20.8. The van der Waals surface area contributed by atoms with Gasteiger partial charge in [0.2, 0.25) is 5.82 Å². The normalized spacial score (nSPS) is 11.8. The zero-order chi connectivity index (χ0) is 17.6. The summed E-state index contributed by atoms with van der Waals surface area (Å²) >= 11 is 1.54. The molecule has 0 fully saturated rings. The number of aromatic nitrogens is 2. The quantitative estimate of drug-likeness (QED) is 0.598. The number of methoxy groups -OCH3 is 1. The van der Waals surface area contributed by atoms with Gasteiger partial charge in [-0.1, -0.05) is 5.16 Å². The highest BCUT2D eigenvalue weighted by atomic mass is 32.1. The second-order valence-corrected chi connectivity index (χ2v) is 5.85. The minimum absolute atomic E-state index is 0.105. The van der Waals surface area contributed by atoms with Crippen molar-refractivity contribution in [3.63, 3.8) is 0 Å². The number of ether oxygens (including phenoxy) is 3. The first-order valence-corrected chi connectivity index (χ1v) is 8.42. The summed E-state index contributed by atoms with van der Waals surface area (Å²) in [6.45, 7) is 1.50. The molecule has 2 aromatic heterocycles. The molecule has 3 aromatic rings. The Kier molecular flexibility index (Phi) is 5.30. The van der Waals surface area contributed by atoms with Crippen molar-refractivity contribution < 1.29 is 23.5 Å². The Labute approximate surface area is 148 Å². The summed E-state index contributed by atoms with van der Waals surface area (Å²) in [7, 11) is 1.58. The standard InChI is InChI=1S/C17H16N2O5S/c1-11(23-14-5-3-13(21-2)4-6-14)17(20)22-9-15-18-16(19-24-15)12-7-8-25-10-12/h3-8,10-11H,9H2,1-2H3. The van der Waals surface area contributed by atoms with Crippen LogP contribution >= 0.6 is 11.3 Å². The first-order chi connectivity index (χ1) is 12.2. The third kappa shape index (κ3) is 4.36. The molecule has 3 rings (SSSR count). The predicted octanol–water partition coefficient (Wildman–Crippen LogP) is 3.32. The molecule has 0 radical (unpaired) electrons. The smallest absolute Gasteiger partial charge is 0.347 e. The van der Waals surface area contributed by atoms with E-state index in [1.165, 1.54) is 11.3 Å². The molecule has 2 heterocycles. The highest BCUT2D eigenvalue weighted by Crippen LogP contribution is 2.20. The van der Waals surface area contributed by atoms with E-state index in [1.807, 2.05) is 16.8 Å². The number of hydrogen-bond donors (Lipinski definition) is 0. The largest absolute Gasteiger partial charge is 0.497 e. The van der Waals surface area contributed by atoms with Crippen molar-refractivity contribution in [2.75, 3.05) is 7.11 Å². The van der Waals surface area contributed by atoms with Crippen molar-refractivity contribution in [1.82, 2.24) is 10.1 Å². The van der Waals surface area contributed by atoms with Gasteiger partial charge < -0.3 is 18.7 Å². The van der Waals surface area contributed by atoms with E-state index in [9.17, 15) is 4.79 Å². The molecule has 0 amide bonds. The van der Waals surface area contributed by atoms with Gasteiger partial charge in [0, 0.05) is 10.9 Å². The van der Waals surface area contributed by atoms with Crippen LogP contribution < -0.4 is 9.47 Å². The number of thiophene rings is 1. The Balaban J connectivity index is 1.51. The van der Waals surface area contributed by atoms with Crippen LogP contribution in [0.4, 0.5) is 0 Å². The topological polar surface area (TPSA) is 83.7 Å². The molecule has 0 saturated heterocycles. The van der Waals surface area contributed by atoms with E-state index < -0.39 is 12.1 Å². The van der Waals surface area contributed by atoms with E-state index >= 15 is 0 Å². The molecular weight excluding hydrogens is 344 g/mol. The van der Waals surface area contributed by atoms with Crippen LogP contribution in [0.25, 0.3) is 11.4 Å². The molecule has 130 valence electrons. The fourth-order valence-corrected chi connectivity index (χ4v) is 2.61. The molecule has 1 aromatic carbocycles. The van der Waals surface area contributed by atoms with E-state index in [-0.39, 0.29) is 12.5 Å². The van der Waals surface area contributed by atoms with Crippen molar-refractivity contribution >= 4 is 17.3 Å². The van der Waals surface area contributed by atoms with Crippen molar-refractivity contribution in [2.45, 2.75) is 19.6 Å². The van der Waals surface area contributed by atoms with Gasteiger partial charge in [-0.15, -0.1) is 0 Å². The van der Waals surface area contributed by atoms with Crippen LogP contribution in [0.1, 0.15) is 12.8 Å². The first kappa shape index (κ1) is 17.0. The zero-order valence-corrected chi connectivity index (χ0v) is 14.5. The Morgan fingerprint density at radius 1 is 1.24 bits per heavy atom. The predicted molar refractivity (Wildman–Crippen MR) is 90.5 cm³/mol. The molecule has 0 saturated carbocycles. The van der Waals surface area contributed by atoms with Gasteiger partial charge in [0.15, 0.2) is 12.7 Å². The van der Waals surface area contributed by atoms with Crippen LogP contribution in [0.5, 0.6) is 11.5 Å². The van der Waals surface area contributed by atoms with Crippen molar-refractivity contribution in [2.24, 2.45) is 0 Å². The molecule has 25 heavy (non-hydrogen) atoms. The number of carbonyl (C=O) groups excluding carboxylic acids is 1.